The molecule has 0 aliphatic rings. The zero-order chi connectivity index (χ0) is 14.7. The fraction of sp³-hybridized carbons (Fsp3) is 0.167. The first-order valence-electron chi connectivity index (χ1n) is 5.73. The van der Waals surface area contributed by atoms with E-state index < -0.39 is 10.8 Å². The first-order chi connectivity index (χ1) is 9.49. The third kappa shape index (κ3) is 2.94. The predicted octanol–water partition coefficient (Wildman–Crippen LogP) is 2.46. The minimum Gasteiger partial charge on any atom is -0.347 e. The number of amides is 1. The SMILES string of the molecule is CC(NC(=O)c1ccc([N+](=O)[O-])cc1Cl)c1ncc[nH]1. The normalized spacial score (nSPS) is 11.9. The molecule has 1 atom stereocenters. The highest BCUT2D eigenvalue weighted by molar-refractivity contribution is 6.34. The van der Waals surface area contributed by atoms with Gasteiger partial charge in [0, 0.05) is 24.5 Å². The Kier molecular flexibility index (Phi) is 3.99. The third-order valence-electron chi connectivity index (χ3n) is 2.69. The lowest BCUT2D eigenvalue weighted by Gasteiger charge is -2.12. The molecule has 1 amide bonds. The van der Waals surface area contributed by atoms with Crippen LogP contribution in [-0.4, -0.2) is 20.8 Å². The molecule has 7 nitrogen and oxygen atoms in total. The molecular weight excluding hydrogens is 284 g/mol. The Balaban J connectivity index is 2.15. The molecule has 0 radical (unpaired) electrons. The molecule has 1 aromatic heterocycles. The van der Waals surface area contributed by atoms with Gasteiger partial charge in [-0.15, -0.1) is 0 Å². The highest BCUT2D eigenvalue weighted by Gasteiger charge is 2.17. The Hall–Kier alpha value is -2.41. The van der Waals surface area contributed by atoms with E-state index in [9.17, 15) is 14.9 Å². The van der Waals surface area contributed by atoms with E-state index in [1.54, 1.807) is 19.3 Å². The zero-order valence-electron chi connectivity index (χ0n) is 10.5. The standard InChI is InChI=1S/C12H11ClN4O3/c1-7(11-14-4-5-15-11)16-12(18)9-3-2-8(17(19)20)6-10(9)13/h2-7H,1H3,(H,14,15)(H,16,18). The molecule has 0 saturated carbocycles. The number of non-ortho nitro benzene ring substituents is 1. The Morgan fingerprint density at radius 1 is 1.55 bits per heavy atom. The maximum atomic E-state index is 12.0. The van der Waals surface area contributed by atoms with Crippen molar-refractivity contribution >= 4 is 23.2 Å². The van der Waals surface area contributed by atoms with E-state index in [0.717, 1.165) is 6.07 Å². The lowest BCUT2D eigenvalue weighted by molar-refractivity contribution is -0.384. The van der Waals surface area contributed by atoms with Crippen LogP contribution in [0.25, 0.3) is 0 Å². The summed E-state index contributed by atoms with van der Waals surface area (Å²) in [7, 11) is 0. The van der Waals surface area contributed by atoms with Gasteiger partial charge in [0.25, 0.3) is 11.6 Å². The van der Waals surface area contributed by atoms with E-state index in [4.69, 9.17) is 11.6 Å². The van der Waals surface area contributed by atoms with Gasteiger partial charge >= 0.3 is 0 Å². The fourth-order valence-corrected chi connectivity index (χ4v) is 1.92. The summed E-state index contributed by atoms with van der Waals surface area (Å²) < 4.78 is 0. The number of carbonyl (C=O) groups excluding carboxylic acids is 1. The van der Waals surface area contributed by atoms with E-state index in [1.165, 1.54) is 12.1 Å². The summed E-state index contributed by atoms with van der Waals surface area (Å²) in [6, 6.07) is 3.38. The number of rotatable bonds is 4. The van der Waals surface area contributed by atoms with E-state index in [2.05, 4.69) is 15.3 Å². The van der Waals surface area contributed by atoms with Crippen LogP contribution in [-0.2, 0) is 0 Å². The number of nitrogens with zero attached hydrogens (tertiary/aromatic N) is 2. The second-order valence-corrected chi connectivity index (χ2v) is 4.50. The number of imidazole rings is 1. The lowest BCUT2D eigenvalue weighted by atomic mass is 10.1. The maximum Gasteiger partial charge on any atom is 0.270 e. The zero-order valence-corrected chi connectivity index (χ0v) is 11.2. The molecule has 8 heteroatoms. The average molecular weight is 295 g/mol. The summed E-state index contributed by atoms with van der Waals surface area (Å²) in [6.45, 7) is 1.76. The van der Waals surface area contributed by atoms with Crippen LogP contribution >= 0.6 is 11.6 Å². The number of aromatic nitrogens is 2. The van der Waals surface area contributed by atoms with Crippen molar-refractivity contribution in [1.82, 2.24) is 15.3 Å². The molecule has 0 aliphatic carbocycles. The number of nitro groups is 1. The van der Waals surface area contributed by atoms with Gasteiger partial charge in [-0.2, -0.15) is 0 Å². The minimum absolute atomic E-state index is 0.0309. The molecule has 0 bridgehead atoms. The number of benzene rings is 1. The number of carbonyl (C=O) groups is 1. The van der Waals surface area contributed by atoms with Crippen molar-refractivity contribution < 1.29 is 9.72 Å². The first-order valence-corrected chi connectivity index (χ1v) is 6.11. The molecule has 1 aromatic carbocycles. The topological polar surface area (TPSA) is 101 Å². The van der Waals surface area contributed by atoms with Crippen molar-refractivity contribution in [2.75, 3.05) is 0 Å². The van der Waals surface area contributed by atoms with Crippen molar-refractivity contribution in [3.8, 4) is 0 Å². The van der Waals surface area contributed by atoms with E-state index >= 15 is 0 Å². The monoisotopic (exact) mass is 294 g/mol. The molecule has 2 aromatic rings. The Bertz CT molecular complexity index is 642. The van der Waals surface area contributed by atoms with Crippen LogP contribution in [0.2, 0.25) is 5.02 Å². The van der Waals surface area contributed by atoms with Crippen molar-refractivity contribution in [2.45, 2.75) is 13.0 Å². The molecule has 0 saturated heterocycles. The Morgan fingerprint density at radius 2 is 2.30 bits per heavy atom. The van der Waals surface area contributed by atoms with Crippen LogP contribution in [0.1, 0.15) is 29.1 Å². The second kappa shape index (κ2) is 5.70. The van der Waals surface area contributed by atoms with Gasteiger partial charge in [0.15, 0.2) is 0 Å². The molecule has 0 fully saturated rings. The number of nitro benzene ring substituents is 1. The van der Waals surface area contributed by atoms with E-state index in [1.807, 2.05) is 0 Å². The van der Waals surface area contributed by atoms with Gasteiger partial charge < -0.3 is 10.3 Å². The molecule has 1 unspecified atom stereocenters. The van der Waals surface area contributed by atoms with Gasteiger partial charge in [-0.25, -0.2) is 4.98 Å². The summed E-state index contributed by atoms with van der Waals surface area (Å²) in [5, 5.41) is 13.3. The van der Waals surface area contributed by atoms with Crippen LogP contribution in [0, 0.1) is 10.1 Å². The number of hydrogen-bond donors (Lipinski definition) is 2. The second-order valence-electron chi connectivity index (χ2n) is 4.09. The molecular formula is C12H11ClN4O3. The predicted molar refractivity (Wildman–Crippen MR) is 72.6 cm³/mol. The Morgan fingerprint density at radius 3 is 2.85 bits per heavy atom. The molecule has 2 rings (SSSR count). The fourth-order valence-electron chi connectivity index (χ4n) is 1.66. The van der Waals surface area contributed by atoms with Crippen molar-refractivity contribution in [3.63, 3.8) is 0 Å². The molecule has 0 spiro atoms. The van der Waals surface area contributed by atoms with Gasteiger partial charge in [0.1, 0.15) is 5.82 Å². The molecule has 0 aliphatic heterocycles. The summed E-state index contributed by atoms with van der Waals surface area (Å²) in [5.41, 5.74) is 0.0151. The Labute approximate surface area is 119 Å². The van der Waals surface area contributed by atoms with Crippen LogP contribution in [0.3, 0.4) is 0 Å². The van der Waals surface area contributed by atoms with Crippen LogP contribution in [0.5, 0.6) is 0 Å². The van der Waals surface area contributed by atoms with Gasteiger partial charge in [-0.05, 0) is 13.0 Å². The molecule has 104 valence electrons. The van der Waals surface area contributed by atoms with Crippen molar-refractivity contribution in [1.29, 1.82) is 0 Å². The summed E-state index contributed by atoms with van der Waals surface area (Å²) in [6.07, 6.45) is 3.23. The molecule has 2 N–H and O–H groups in total. The van der Waals surface area contributed by atoms with Crippen LogP contribution < -0.4 is 5.32 Å². The smallest absolute Gasteiger partial charge is 0.270 e. The van der Waals surface area contributed by atoms with E-state index in [-0.39, 0.29) is 22.3 Å². The van der Waals surface area contributed by atoms with Gasteiger partial charge in [-0.1, -0.05) is 11.6 Å². The van der Waals surface area contributed by atoms with Gasteiger partial charge in [0.05, 0.1) is 21.6 Å². The molecule has 1 heterocycles. The maximum absolute atomic E-state index is 12.0. The highest BCUT2D eigenvalue weighted by Crippen LogP contribution is 2.23. The van der Waals surface area contributed by atoms with Gasteiger partial charge in [-0.3, -0.25) is 14.9 Å². The van der Waals surface area contributed by atoms with Crippen LogP contribution in [0.4, 0.5) is 5.69 Å². The minimum atomic E-state index is -0.570. The molecule has 20 heavy (non-hydrogen) atoms. The number of nitrogens with one attached hydrogen (secondary N) is 2. The lowest BCUT2D eigenvalue weighted by Crippen LogP contribution is -2.27. The van der Waals surface area contributed by atoms with Gasteiger partial charge in [0.2, 0.25) is 0 Å². The first kappa shape index (κ1) is 14.0. The number of halogens is 1. The number of hydrogen-bond acceptors (Lipinski definition) is 4. The van der Waals surface area contributed by atoms with Crippen LogP contribution in [0.15, 0.2) is 30.6 Å². The third-order valence-corrected chi connectivity index (χ3v) is 3.00. The van der Waals surface area contributed by atoms with Crippen molar-refractivity contribution in [2.24, 2.45) is 0 Å². The quantitative estimate of drug-likeness (QED) is 0.668. The summed E-state index contributed by atoms with van der Waals surface area (Å²) in [4.78, 5) is 29.0. The van der Waals surface area contributed by atoms with E-state index in [0.29, 0.717) is 5.82 Å². The summed E-state index contributed by atoms with van der Waals surface area (Å²) in [5.74, 6) is 0.185. The number of aromatic amines is 1. The summed E-state index contributed by atoms with van der Waals surface area (Å²) >= 11 is 5.89. The number of H-pyrrole nitrogens is 1. The largest absolute Gasteiger partial charge is 0.347 e. The van der Waals surface area contributed by atoms with Crippen molar-refractivity contribution in [3.05, 3.63) is 57.1 Å². The average Bonchev–Trinajstić information content (AvgIpc) is 2.92. The highest BCUT2D eigenvalue weighted by atomic mass is 35.5.